The topological polar surface area (TPSA) is 46.2 Å². The van der Waals surface area contributed by atoms with Crippen LogP contribution < -0.4 is 5.32 Å². The van der Waals surface area contributed by atoms with Crippen molar-refractivity contribution in [3.05, 3.63) is 35.4 Å². The van der Waals surface area contributed by atoms with Crippen molar-refractivity contribution in [1.82, 2.24) is 5.32 Å². The summed E-state index contributed by atoms with van der Waals surface area (Å²) in [6, 6.07) is 5.18. The first kappa shape index (κ1) is 18.3. The Kier molecular flexibility index (Phi) is 5.11. The monoisotopic (exact) mass is 349 g/mol. The predicted octanol–water partition coefficient (Wildman–Crippen LogP) is 3.15. The molecular formula is C16H22F3NO2S. The highest BCUT2D eigenvalue weighted by atomic mass is 32.2. The molecule has 1 aromatic rings. The van der Waals surface area contributed by atoms with Crippen LogP contribution in [0.2, 0.25) is 0 Å². The van der Waals surface area contributed by atoms with E-state index < -0.39 is 27.0 Å². The minimum Gasteiger partial charge on any atom is -0.312 e. The largest absolute Gasteiger partial charge is 0.416 e. The van der Waals surface area contributed by atoms with Gasteiger partial charge in [-0.25, -0.2) is 8.42 Å². The smallest absolute Gasteiger partial charge is 0.312 e. The van der Waals surface area contributed by atoms with E-state index in [-0.39, 0.29) is 17.5 Å². The zero-order chi connectivity index (χ0) is 17.3. The van der Waals surface area contributed by atoms with Crippen molar-refractivity contribution < 1.29 is 21.6 Å². The molecule has 0 bridgehead atoms. The third-order valence-electron chi connectivity index (χ3n) is 4.27. The fraction of sp³-hybridized carbons (Fsp3) is 0.625. The number of halogens is 3. The summed E-state index contributed by atoms with van der Waals surface area (Å²) in [5.41, 5.74) is -0.607. The SMILES string of the molecule is CC(C)(CNC1CCCS(=O)(=O)C1)c1cccc(C(F)(F)F)c1. The molecule has 3 nitrogen and oxygen atoms in total. The molecule has 0 amide bonds. The fourth-order valence-electron chi connectivity index (χ4n) is 2.80. The van der Waals surface area contributed by atoms with Crippen molar-refractivity contribution in [2.75, 3.05) is 18.1 Å². The molecule has 2 rings (SSSR count). The number of sulfone groups is 1. The first-order valence-electron chi connectivity index (χ1n) is 7.61. The molecule has 1 fully saturated rings. The number of nitrogens with one attached hydrogen (secondary N) is 1. The number of hydrogen-bond donors (Lipinski definition) is 1. The number of benzene rings is 1. The van der Waals surface area contributed by atoms with Crippen LogP contribution in [0.25, 0.3) is 0 Å². The van der Waals surface area contributed by atoms with E-state index in [1.807, 2.05) is 13.8 Å². The van der Waals surface area contributed by atoms with E-state index in [1.165, 1.54) is 12.1 Å². The molecule has 130 valence electrons. The number of hydrogen-bond acceptors (Lipinski definition) is 3. The van der Waals surface area contributed by atoms with Gasteiger partial charge in [-0.2, -0.15) is 13.2 Å². The van der Waals surface area contributed by atoms with Crippen LogP contribution in [0.1, 0.15) is 37.8 Å². The molecule has 1 aliphatic rings. The van der Waals surface area contributed by atoms with Gasteiger partial charge in [0.05, 0.1) is 17.1 Å². The summed E-state index contributed by atoms with van der Waals surface area (Å²) in [5.74, 6) is 0.327. The summed E-state index contributed by atoms with van der Waals surface area (Å²) in [6.45, 7) is 4.13. The Hall–Kier alpha value is -1.08. The van der Waals surface area contributed by atoms with E-state index in [9.17, 15) is 21.6 Å². The van der Waals surface area contributed by atoms with Gasteiger partial charge >= 0.3 is 6.18 Å². The Balaban J connectivity index is 2.07. The second-order valence-electron chi connectivity index (χ2n) is 6.80. The quantitative estimate of drug-likeness (QED) is 0.908. The highest BCUT2D eigenvalue weighted by Crippen LogP contribution is 2.32. The normalized spacial score (nSPS) is 22.0. The first-order valence-corrected chi connectivity index (χ1v) is 9.43. The highest BCUT2D eigenvalue weighted by Gasteiger charge is 2.32. The zero-order valence-corrected chi connectivity index (χ0v) is 14.1. The average Bonchev–Trinajstić information content (AvgIpc) is 2.44. The van der Waals surface area contributed by atoms with Crippen LogP contribution in [0.15, 0.2) is 24.3 Å². The van der Waals surface area contributed by atoms with E-state index in [0.717, 1.165) is 12.5 Å². The van der Waals surface area contributed by atoms with Gasteiger partial charge in [-0.3, -0.25) is 0 Å². The summed E-state index contributed by atoms with van der Waals surface area (Å²) in [6.07, 6.45) is -2.96. The Morgan fingerprint density at radius 1 is 1.22 bits per heavy atom. The van der Waals surface area contributed by atoms with E-state index in [0.29, 0.717) is 18.5 Å². The molecule has 0 saturated carbocycles. The zero-order valence-electron chi connectivity index (χ0n) is 13.3. The molecule has 0 radical (unpaired) electrons. The van der Waals surface area contributed by atoms with Crippen LogP contribution in [0, 0.1) is 0 Å². The van der Waals surface area contributed by atoms with Gasteiger partial charge in [-0.05, 0) is 24.5 Å². The summed E-state index contributed by atoms with van der Waals surface area (Å²) in [4.78, 5) is 0. The maximum absolute atomic E-state index is 12.8. The van der Waals surface area contributed by atoms with E-state index in [2.05, 4.69) is 5.32 Å². The summed E-state index contributed by atoms with van der Waals surface area (Å²) < 4.78 is 61.8. The lowest BCUT2D eigenvalue weighted by atomic mass is 9.83. The first-order chi connectivity index (χ1) is 10.5. The lowest BCUT2D eigenvalue weighted by molar-refractivity contribution is -0.137. The molecule has 1 heterocycles. The molecule has 0 aromatic heterocycles. The lowest BCUT2D eigenvalue weighted by Crippen LogP contribution is -2.45. The van der Waals surface area contributed by atoms with Crippen LogP contribution in [0.3, 0.4) is 0 Å². The second-order valence-corrected chi connectivity index (χ2v) is 9.03. The van der Waals surface area contributed by atoms with E-state index in [1.54, 1.807) is 6.07 Å². The van der Waals surface area contributed by atoms with Gasteiger partial charge in [0.1, 0.15) is 0 Å². The minimum atomic E-state index is -4.36. The Bertz CT molecular complexity index is 654. The molecule has 1 saturated heterocycles. The minimum absolute atomic E-state index is 0.103. The van der Waals surface area contributed by atoms with Crippen LogP contribution in [-0.4, -0.2) is 32.5 Å². The molecule has 1 aromatic carbocycles. The molecule has 23 heavy (non-hydrogen) atoms. The number of rotatable bonds is 4. The predicted molar refractivity (Wildman–Crippen MR) is 84.1 cm³/mol. The summed E-state index contributed by atoms with van der Waals surface area (Å²) in [5, 5.41) is 3.21. The van der Waals surface area contributed by atoms with Crippen molar-refractivity contribution >= 4 is 9.84 Å². The number of alkyl halides is 3. The van der Waals surface area contributed by atoms with Crippen molar-refractivity contribution in [1.29, 1.82) is 0 Å². The average molecular weight is 349 g/mol. The fourth-order valence-corrected chi connectivity index (χ4v) is 4.47. The molecule has 7 heteroatoms. The lowest BCUT2D eigenvalue weighted by Gasteiger charge is -2.31. The van der Waals surface area contributed by atoms with Gasteiger partial charge in [-0.1, -0.05) is 32.0 Å². The van der Waals surface area contributed by atoms with Crippen molar-refractivity contribution in [3.63, 3.8) is 0 Å². The molecule has 1 unspecified atom stereocenters. The van der Waals surface area contributed by atoms with E-state index in [4.69, 9.17) is 0 Å². The van der Waals surface area contributed by atoms with Gasteiger partial charge in [-0.15, -0.1) is 0 Å². The third kappa shape index (κ3) is 4.94. The molecule has 1 N–H and O–H groups in total. The third-order valence-corrected chi connectivity index (χ3v) is 6.09. The van der Waals surface area contributed by atoms with Crippen LogP contribution in [0.5, 0.6) is 0 Å². The van der Waals surface area contributed by atoms with Gasteiger partial charge < -0.3 is 5.32 Å². The van der Waals surface area contributed by atoms with Gasteiger partial charge in [0.25, 0.3) is 0 Å². The van der Waals surface area contributed by atoms with Crippen LogP contribution in [0.4, 0.5) is 13.2 Å². The Labute approximate surface area is 135 Å². The summed E-state index contributed by atoms with van der Waals surface area (Å²) >= 11 is 0. The maximum atomic E-state index is 12.8. The molecular weight excluding hydrogens is 327 g/mol. The molecule has 0 spiro atoms. The summed E-state index contributed by atoms with van der Waals surface area (Å²) in [7, 11) is -3.00. The van der Waals surface area contributed by atoms with Crippen molar-refractivity contribution in [2.24, 2.45) is 0 Å². The highest BCUT2D eigenvalue weighted by molar-refractivity contribution is 7.91. The molecule has 0 aliphatic carbocycles. The van der Waals surface area contributed by atoms with Crippen LogP contribution in [-0.2, 0) is 21.4 Å². The molecule has 1 aliphatic heterocycles. The Morgan fingerprint density at radius 2 is 1.87 bits per heavy atom. The molecule has 1 atom stereocenters. The van der Waals surface area contributed by atoms with Gasteiger partial charge in [0.15, 0.2) is 9.84 Å². The standard InChI is InChI=1S/C16H22F3NO2S/c1-15(2,11-20-14-7-4-8-23(21,22)10-14)12-5-3-6-13(9-12)16(17,18)19/h3,5-6,9,14,20H,4,7-8,10-11H2,1-2H3. The van der Waals surface area contributed by atoms with E-state index >= 15 is 0 Å². The maximum Gasteiger partial charge on any atom is 0.416 e. The van der Waals surface area contributed by atoms with Gasteiger partial charge in [0, 0.05) is 18.0 Å². The Morgan fingerprint density at radius 3 is 2.48 bits per heavy atom. The van der Waals surface area contributed by atoms with Crippen molar-refractivity contribution in [3.8, 4) is 0 Å². The van der Waals surface area contributed by atoms with Crippen LogP contribution >= 0.6 is 0 Å². The van der Waals surface area contributed by atoms with Crippen molar-refractivity contribution in [2.45, 2.75) is 44.3 Å². The van der Waals surface area contributed by atoms with Gasteiger partial charge in [0.2, 0.25) is 0 Å². The second kappa shape index (κ2) is 6.43.